The molecule has 10 heavy (non-hydrogen) atoms. The highest BCUT2D eigenvalue weighted by molar-refractivity contribution is 5.54. The van der Waals surface area contributed by atoms with E-state index in [-0.39, 0.29) is 0 Å². The van der Waals surface area contributed by atoms with Gasteiger partial charge in [0.05, 0.1) is 12.4 Å². The van der Waals surface area contributed by atoms with Crippen LogP contribution in [0.3, 0.4) is 0 Å². The molecule has 0 aliphatic rings. The Kier molecular flexibility index (Phi) is 1.00. The summed E-state index contributed by atoms with van der Waals surface area (Å²) in [5, 5.41) is 16.5. The van der Waals surface area contributed by atoms with E-state index in [0.29, 0.717) is 0 Å². The predicted octanol–water partition coefficient (Wildman–Crippen LogP) is 0.195. The Morgan fingerprint density at radius 3 is 2.80 bits per heavy atom. The molecule has 2 aromatic heterocycles. The molecule has 2 heterocycles. The van der Waals surface area contributed by atoms with Crippen LogP contribution in [0, 0.1) is 0 Å². The average Bonchev–Trinajstić information content (AvgIpc) is 2.59. The van der Waals surface area contributed by atoms with Crippen molar-refractivity contribution < 1.29 is 0 Å². The minimum absolute atomic E-state index is 0.800. The Labute approximate surface area is 56.5 Å². The predicted molar refractivity (Wildman–Crippen MR) is 34.0 cm³/mol. The summed E-state index contributed by atoms with van der Waals surface area (Å²) in [4.78, 5) is 0. The van der Waals surface area contributed by atoms with Gasteiger partial charge in [-0.25, -0.2) is 0 Å². The van der Waals surface area contributed by atoms with Gasteiger partial charge >= 0.3 is 0 Å². The number of aromatic nitrogens is 5. The Morgan fingerprint density at radius 1 is 1.20 bits per heavy atom. The summed E-state index contributed by atoms with van der Waals surface area (Å²) >= 11 is 0. The van der Waals surface area contributed by atoms with Crippen LogP contribution in [0.5, 0.6) is 0 Å². The van der Waals surface area contributed by atoms with Crippen molar-refractivity contribution in [2.24, 2.45) is 0 Å². The fourth-order valence-corrected chi connectivity index (χ4v) is 0.732. The molecule has 2 aromatic rings. The number of nitrogens with zero attached hydrogens (tertiary/aromatic N) is 3. The highest BCUT2D eigenvalue weighted by atomic mass is 15.3. The third kappa shape index (κ3) is 0.680. The van der Waals surface area contributed by atoms with Crippen LogP contribution in [0.15, 0.2) is 18.6 Å². The molecule has 0 saturated heterocycles. The maximum atomic E-state index is 3.86. The van der Waals surface area contributed by atoms with E-state index in [1.165, 1.54) is 0 Å². The molecule has 50 valence electrons. The molecule has 0 unspecified atom stereocenters. The fourth-order valence-electron chi connectivity index (χ4n) is 0.732. The first-order valence-electron chi connectivity index (χ1n) is 2.82. The molecule has 0 fully saturated rings. The third-order valence-electron chi connectivity index (χ3n) is 1.21. The molecule has 0 aliphatic carbocycles. The summed E-state index contributed by atoms with van der Waals surface area (Å²) in [7, 11) is 0. The molecule has 0 spiro atoms. The highest BCUT2D eigenvalue weighted by Gasteiger charge is 1.98. The van der Waals surface area contributed by atoms with Gasteiger partial charge in [0.2, 0.25) is 0 Å². The maximum absolute atomic E-state index is 3.86. The normalized spacial score (nSPS) is 10.0. The van der Waals surface area contributed by atoms with E-state index in [1.807, 2.05) is 0 Å². The molecule has 2 rings (SSSR count). The fraction of sp³-hybridized carbons (Fsp3) is 0. The number of aromatic amines is 2. The van der Waals surface area contributed by atoms with Crippen LogP contribution in [0.1, 0.15) is 0 Å². The summed E-state index contributed by atoms with van der Waals surface area (Å²) in [5.74, 6) is 0. The second-order valence-electron chi connectivity index (χ2n) is 1.84. The first kappa shape index (κ1) is 5.16. The van der Waals surface area contributed by atoms with Gasteiger partial charge in [-0.1, -0.05) is 0 Å². The highest BCUT2D eigenvalue weighted by Crippen LogP contribution is 2.10. The molecule has 0 aromatic carbocycles. The Balaban J connectivity index is 2.48. The van der Waals surface area contributed by atoms with E-state index >= 15 is 0 Å². The van der Waals surface area contributed by atoms with Gasteiger partial charge in [0.1, 0.15) is 5.69 Å². The number of rotatable bonds is 1. The minimum atomic E-state index is 0.800. The van der Waals surface area contributed by atoms with Crippen LogP contribution >= 0.6 is 0 Å². The molecule has 5 nitrogen and oxygen atoms in total. The lowest BCUT2D eigenvalue weighted by atomic mass is 10.3. The summed E-state index contributed by atoms with van der Waals surface area (Å²) < 4.78 is 0. The number of hydrogen-bond acceptors (Lipinski definition) is 3. The average molecular weight is 135 g/mol. The molecular formula is C5H5N5. The quantitative estimate of drug-likeness (QED) is 0.586. The zero-order valence-electron chi connectivity index (χ0n) is 5.07. The maximum Gasteiger partial charge on any atom is 0.115 e. The van der Waals surface area contributed by atoms with Crippen molar-refractivity contribution in [3.8, 4) is 11.3 Å². The molecule has 0 atom stereocenters. The van der Waals surface area contributed by atoms with Gasteiger partial charge in [-0.05, 0) is 0 Å². The molecule has 5 heteroatoms. The summed E-state index contributed by atoms with van der Waals surface area (Å²) in [6.07, 6.45) is 5.10. The molecule has 0 amide bonds. The van der Waals surface area contributed by atoms with Crippen molar-refractivity contribution >= 4 is 0 Å². The first-order valence-corrected chi connectivity index (χ1v) is 2.82. The Bertz CT molecular complexity index is 249. The van der Waals surface area contributed by atoms with Gasteiger partial charge < -0.3 is 0 Å². The van der Waals surface area contributed by atoms with Gasteiger partial charge in [-0.3, -0.25) is 5.10 Å². The van der Waals surface area contributed by atoms with Crippen molar-refractivity contribution in [2.45, 2.75) is 0 Å². The van der Waals surface area contributed by atoms with E-state index < -0.39 is 0 Å². The standard InChI is InChI=1S/C5H5N5/c1-4(2-7-6-1)5-3-8-10-9-5/h1-3H,(H,6,7)(H,8,9,10). The van der Waals surface area contributed by atoms with E-state index in [4.69, 9.17) is 0 Å². The molecule has 0 aliphatic heterocycles. The number of hydrogen-bond donors (Lipinski definition) is 2. The van der Waals surface area contributed by atoms with Gasteiger partial charge in [-0.15, -0.1) is 0 Å². The smallest absolute Gasteiger partial charge is 0.115 e. The van der Waals surface area contributed by atoms with E-state index in [9.17, 15) is 0 Å². The topological polar surface area (TPSA) is 70.2 Å². The number of H-pyrrole nitrogens is 2. The van der Waals surface area contributed by atoms with Crippen molar-refractivity contribution in [1.29, 1.82) is 0 Å². The van der Waals surface area contributed by atoms with Gasteiger partial charge in [-0.2, -0.15) is 20.5 Å². The zero-order valence-corrected chi connectivity index (χ0v) is 5.07. The molecule has 0 radical (unpaired) electrons. The summed E-state index contributed by atoms with van der Waals surface area (Å²) in [6, 6.07) is 0. The second kappa shape index (κ2) is 1.94. The van der Waals surface area contributed by atoms with Crippen molar-refractivity contribution in [3.63, 3.8) is 0 Å². The third-order valence-corrected chi connectivity index (χ3v) is 1.21. The Morgan fingerprint density at radius 2 is 2.20 bits per heavy atom. The van der Waals surface area contributed by atoms with Gasteiger partial charge in [0.25, 0.3) is 0 Å². The van der Waals surface area contributed by atoms with Gasteiger partial charge in [0.15, 0.2) is 0 Å². The van der Waals surface area contributed by atoms with Crippen molar-refractivity contribution in [3.05, 3.63) is 18.6 Å². The largest absolute Gasteiger partial charge is 0.285 e. The van der Waals surface area contributed by atoms with E-state index in [1.54, 1.807) is 18.6 Å². The monoisotopic (exact) mass is 135 g/mol. The van der Waals surface area contributed by atoms with Crippen LogP contribution in [0.4, 0.5) is 0 Å². The SMILES string of the molecule is c1n[nH]cc1-c1cn[nH]n1. The van der Waals surface area contributed by atoms with Crippen molar-refractivity contribution in [1.82, 2.24) is 25.6 Å². The van der Waals surface area contributed by atoms with Crippen LogP contribution in [0.25, 0.3) is 11.3 Å². The van der Waals surface area contributed by atoms with Crippen LogP contribution < -0.4 is 0 Å². The van der Waals surface area contributed by atoms with Crippen LogP contribution in [-0.4, -0.2) is 25.6 Å². The van der Waals surface area contributed by atoms with E-state index in [0.717, 1.165) is 11.3 Å². The van der Waals surface area contributed by atoms with Crippen molar-refractivity contribution in [2.75, 3.05) is 0 Å². The molecule has 0 saturated carbocycles. The van der Waals surface area contributed by atoms with E-state index in [2.05, 4.69) is 25.6 Å². The van der Waals surface area contributed by atoms with Crippen LogP contribution in [-0.2, 0) is 0 Å². The van der Waals surface area contributed by atoms with Gasteiger partial charge in [0, 0.05) is 11.8 Å². The molecule has 2 N–H and O–H groups in total. The lowest BCUT2D eigenvalue weighted by molar-refractivity contribution is 0.942. The first-order chi connectivity index (χ1) is 4.97. The zero-order chi connectivity index (χ0) is 6.81. The lowest BCUT2D eigenvalue weighted by Crippen LogP contribution is -1.71. The van der Waals surface area contributed by atoms with Crippen LogP contribution in [0.2, 0.25) is 0 Å². The minimum Gasteiger partial charge on any atom is -0.285 e. The number of nitrogens with one attached hydrogen (secondary N) is 2. The summed E-state index contributed by atoms with van der Waals surface area (Å²) in [6.45, 7) is 0. The lowest BCUT2D eigenvalue weighted by Gasteiger charge is -1.80. The summed E-state index contributed by atoms with van der Waals surface area (Å²) in [5.41, 5.74) is 1.74. The second-order valence-corrected chi connectivity index (χ2v) is 1.84. The Hall–Kier alpha value is -1.65. The molecular weight excluding hydrogens is 130 g/mol. The molecule has 0 bridgehead atoms.